The average molecular weight is 264 g/mol. The Bertz CT molecular complexity index is 558. The number of carbonyl (C=O) groups excluding carboxylic acids is 1. The maximum atomic E-state index is 11.7. The summed E-state index contributed by atoms with van der Waals surface area (Å²) in [6, 6.07) is 4.76. The topological polar surface area (TPSA) is 80.7 Å². The van der Waals surface area contributed by atoms with E-state index < -0.39 is 0 Å². The number of nitrogens with one attached hydrogen (secondary N) is 1. The van der Waals surface area contributed by atoms with Gasteiger partial charge in [-0.1, -0.05) is 11.6 Å². The first-order valence-electron chi connectivity index (χ1n) is 5.21. The quantitative estimate of drug-likeness (QED) is 0.899. The second-order valence-corrected chi connectivity index (χ2v) is 3.91. The number of aryl methyl sites for hydroxylation is 1. The van der Waals surface area contributed by atoms with Crippen molar-refractivity contribution in [2.45, 2.75) is 13.5 Å². The lowest BCUT2D eigenvalue weighted by Gasteiger charge is -2.04. The number of hydrogen-bond acceptors (Lipinski definition) is 5. The van der Waals surface area contributed by atoms with Crippen molar-refractivity contribution in [3.05, 3.63) is 46.8 Å². The summed E-state index contributed by atoms with van der Waals surface area (Å²) in [5.41, 5.74) is 0.947. The zero-order valence-electron chi connectivity index (χ0n) is 9.59. The molecule has 0 unspecified atom stereocenters. The Hall–Kier alpha value is -2.08. The molecule has 0 radical (unpaired) electrons. The third-order valence-corrected chi connectivity index (χ3v) is 2.33. The third kappa shape index (κ3) is 3.21. The normalized spacial score (nSPS) is 10.1. The standard InChI is InChI=1S/C11H10ClN5O/c1-7-13-5-4-8(15-7)6-14-11(18)9-2-3-10(12)17-16-9/h2-5H,6H2,1H3,(H,14,18). The van der Waals surface area contributed by atoms with Crippen LogP contribution in [-0.4, -0.2) is 26.1 Å². The molecule has 0 saturated carbocycles. The molecule has 2 heterocycles. The Labute approximate surface area is 108 Å². The Kier molecular flexibility index (Phi) is 3.78. The van der Waals surface area contributed by atoms with E-state index in [4.69, 9.17) is 11.6 Å². The van der Waals surface area contributed by atoms with Crippen molar-refractivity contribution in [1.82, 2.24) is 25.5 Å². The van der Waals surface area contributed by atoms with Crippen molar-refractivity contribution in [3.8, 4) is 0 Å². The van der Waals surface area contributed by atoms with Gasteiger partial charge in [-0.05, 0) is 25.1 Å². The molecule has 0 bridgehead atoms. The van der Waals surface area contributed by atoms with Crippen LogP contribution in [0.4, 0.5) is 0 Å². The number of nitrogens with zero attached hydrogens (tertiary/aromatic N) is 4. The number of hydrogen-bond donors (Lipinski definition) is 1. The zero-order chi connectivity index (χ0) is 13.0. The first kappa shape index (κ1) is 12.4. The molecule has 0 aliphatic carbocycles. The van der Waals surface area contributed by atoms with Gasteiger partial charge in [0.1, 0.15) is 5.82 Å². The van der Waals surface area contributed by atoms with Crippen LogP contribution >= 0.6 is 11.6 Å². The van der Waals surface area contributed by atoms with Crippen molar-refractivity contribution in [2.24, 2.45) is 0 Å². The molecule has 18 heavy (non-hydrogen) atoms. The first-order chi connectivity index (χ1) is 8.65. The van der Waals surface area contributed by atoms with Crippen LogP contribution in [0.25, 0.3) is 0 Å². The highest BCUT2D eigenvalue weighted by Gasteiger charge is 2.07. The van der Waals surface area contributed by atoms with E-state index in [0.717, 1.165) is 5.69 Å². The molecule has 0 aliphatic rings. The van der Waals surface area contributed by atoms with Crippen LogP contribution in [0.3, 0.4) is 0 Å². The van der Waals surface area contributed by atoms with Gasteiger partial charge in [-0.25, -0.2) is 9.97 Å². The van der Waals surface area contributed by atoms with Crippen molar-refractivity contribution in [2.75, 3.05) is 0 Å². The van der Waals surface area contributed by atoms with Crippen LogP contribution in [0, 0.1) is 6.92 Å². The van der Waals surface area contributed by atoms with Gasteiger partial charge in [0, 0.05) is 6.20 Å². The molecule has 1 N–H and O–H groups in total. The van der Waals surface area contributed by atoms with E-state index in [1.54, 1.807) is 19.2 Å². The molecule has 0 atom stereocenters. The molecule has 2 rings (SSSR count). The molecule has 0 aromatic carbocycles. The summed E-state index contributed by atoms with van der Waals surface area (Å²) in [5, 5.41) is 10.2. The zero-order valence-corrected chi connectivity index (χ0v) is 10.3. The van der Waals surface area contributed by atoms with E-state index >= 15 is 0 Å². The van der Waals surface area contributed by atoms with E-state index in [1.165, 1.54) is 12.1 Å². The summed E-state index contributed by atoms with van der Waals surface area (Å²) < 4.78 is 0. The number of halogens is 1. The summed E-state index contributed by atoms with van der Waals surface area (Å²) in [6.45, 7) is 2.10. The molecular formula is C11H10ClN5O. The van der Waals surface area contributed by atoms with Crippen molar-refractivity contribution >= 4 is 17.5 Å². The second-order valence-electron chi connectivity index (χ2n) is 3.52. The number of amides is 1. The van der Waals surface area contributed by atoms with Gasteiger partial charge < -0.3 is 5.32 Å². The number of aromatic nitrogens is 4. The SMILES string of the molecule is Cc1nccc(CNC(=O)c2ccc(Cl)nn2)n1. The lowest BCUT2D eigenvalue weighted by atomic mass is 10.3. The second kappa shape index (κ2) is 5.50. The van der Waals surface area contributed by atoms with Crippen LogP contribution in [0.15, 0.2) is 24.4 Å². The molecule has 0 saturated heterocycles. The van der Waals surface area contributed by atoms with Crippen LogP contribution < -0.4 is 5.32 Å². The highest BCUT2D eigenvalue weighted by molar-refractivity contribution is 6.29. The fourth-order valence-corrected chi connectivity index (χ4v) is 1.40. The molecular weight excluding hydrogens is 254 g/mol. The van der Waals surface area contributed by atoms with Crippen molar-refractivity contribution in [1.29, 1.82) is 0 Å². The fraction of sp³-hybridized carbons (Fsp3) is 0.182. The molecule has 2 aromatic rings. The van der Waals surface area contributed by atoms with Crippen LogP contribution in [0.2, 0.25) is 5.15 Å². The predicted molar refractivity (Wildman–Crippen MR) is 65.0 cm³/mol. The largest absolute Gasteiger partial charge is 0.345 e. The van der Waals surface area contributed by atoms with Gasteiger partial charge in [-0.15, -0.1) is 10.2 Å². The average Bonchev–Trinajstić information content (AvgIpc) is 2.37. The highest BCUT2D eigenvalue weighted by atomic mass is 35.5. The van der Waals surface area contributed by atoms with E-state index in [2.05, 4.69) is 25.5 Å². The van der Waals surface area contributed by atoms with Crippen molar-refractivity contribution in [3.63, 3.8) is 0 Å². The van der Waals surface area contributed by atoms with E-state index in [9.17, 15) is 4.79 Å². The monoisotopic (exact) mass is 263 g/mol. The van der Waals surface area contributed by atoms with Crippen LogP contribution in [-0.2, 0) is 6.54 Å². The minimum atomic E-state index is -0.324. The summed E-state index contributed by atoms with van der Waals surface area (Å²) in [6.07, 6.45) is 1.64. The van der Waals surface area contributed by atoms with Gasteiger partial charge in [-0.2, -0.15) is 0 Å². The third-order valence-electron chi connectivity index (χ3n) is 2.13. The molecule has 2 aromatic heterocycles. The molecule has 0 aliphatic heterocycles. The Morgan fingerprint density at radius 2 is 2.17 bits per heavy atom. The van der Waals surface area contributed by atoms with Gasteiger partial charge in [0.25, 0.3) is 5.91 Å². The summed E-state index contributed by atoms with van der Waals surface area (Å²) >= 11 is 5.58. The minimum absolute atomic E-state index is 0.213. The molecule has 92 valence electrons. The van der Waals surface area contributed by atoms with Crippen LogP contribution in [0.1, 0.15) is 22.0 Å². The maximum absolute atomic E-state index is 11.7. The van der Waals surface area contributed by atoms with E-state index in [-0.39, 0.29) is 16.8 Å². The molecule has 0 spiro atoms. The van der Waals surface area contributed by atoms with E-state index in [0.29, 0.717) is 12.4 Å². The van der Waals surface area contributed by atoms with Gasteiger partial charge in [0.15, 0.2) is 10.8 Å². The number of rotatable bonds is 3. The van der Waals surface area contributed by atoms with Gasteiger partial charge >= 0.3 is 0 Å². The lowest BCUT2D eigenvalue weighted by Crippen LogP contribution is -2.24. The Morgan fingerprint density at radius 1 is 1.33 bits per heavy atom. The maximum Gasteiger partial charge on any atom is 0.272 e. The Balaban J connectivity index is 1.98. The van der Waals surface area contributed by atoms with Gasteiger partial charge in [0.2, 0.25) is 0 Å². The Morgan fingerprint density at radius 3 is 2.83 bits per heavy atom. The fourth-order valence-electron chi connectivity index (χ4n) is 1.30. The summed E-state index contributed by atoms with van der Waals surface area (Å²) in [7, 11) is 0. The molecule has 6 nitrogen and oxygen atoms in total. The smallest absolute Gasteiger partial charge is 0.272 e. The molecule has 1 amide bonds. The summed E-state index contributed by atoms with van der Waals surface area (Å²) in [5.74, 6) is 0.337. The van der Waals surface area contributed by atoms with Gasteiger partial charge in [-0.3, -0.25) is 4.79 Å². The molecule has 7 heteroatoms. The highest BCUT2D eigenvalue weighted by Crippen LogP contribution is 2.02. The first-order valence-corrected chi connectivity index (χ1v) is 5.59. The minimum Gasteiger partial charge on any atom is -0.345 e. The summed E-state index contributed by atoms with van der Waals surface area (Å²) in [4.78, 5) is 19.9. The van der Waals surface area contributed by atoms with E-state index in [1.807, 2.05) is 0 Å². The van der Waals surface area contributed by atoms with Crippen LogP contribution in [0.5, 0.6) is 0 Å². The molecule has 0 fully saturated rings. The number of carbonyl (C=O) groups is 1. The predicted octanol–water partition coefficient (Wildman–Crippen LogP) is 1.16. The van der Waals surface area contributed by atoms with Crippen molar-refractivity contribution < 1.29 is 4.79 Å². The lowest BCUT2D eigenvalue weighted by molar-refractivity contribution is 0.0944. The van der Waals surface area contributed by atoms with Gasteiger partial charge in [0.05, 0.1) is 12.2 Å².